The maximum Gasteiger partial charge on any atom is 0.325 e. The first-order valence-electron chi connectivity index (χ1n) is 11.6. The summed E-state index contributed by atoms with van der Waals surface area (Å²) in [5.41, 5.74) is 1.15. The first-order valence-corrected chi connectivity index (χ1v) is 13.9. The number of nitrogens with one attached hydrogen (secondary N) is 1. The van der Waals surface area contributed by atoms with E-state index in [0.29, 0.717) is 36.0 Å². The molecule has 11 nitrogen and oxygen atoms in total. The topological polar surface area (TPSA) is 135 Å². The van der Waals surface area contributed by atoms with Gasteiger partial charge in [0.25, 0.3) is 15.9 Å². The first-order chi connectivity index (χ1) is 18.8. The number of anilines is 1. The van der Waals surface area contributed by atoms with Gasteiger partial charge in [-0.2, -0.15) is 4.99 Å². The zero-order valence-electron chi connectivity index (χ0n) is 20.9. The van der Waals surface area contributed by atoms with Crippen LogP contribution in [0.1, 0.15) is 10.4 Å². The van der Waals surface area contributed by atoms with Crippen molar-refractivity contribution in [2.24, 2.45) is 4.99 Å². The fourth-order valence-corrected chi connectivity index (χ4v) is 5.94. The molecule has 1 aliphatic rings. The van der Waals surface area contributed by atoms with Crippen LogP contribution in [0.3, 0.4) is 0 Å². The normalized spacial score (nSPS) is 13.2. The van der Waals surface area contributed by atoms with Crippen molar-refractivity contribution in [1.29, 1.82) is 0 Å². The van der Waals surface area contributed by atoms with Crippen molar-refractivity contribution in [3.8, 4) is 17.2 Å². The lowest BCUT2D eigenvalue weighted by molar-refractivity contribution is -0.141. The minimum Gasteiger partial charge on any atom is -0.497 e. The molecule has 0 bridgehead atoms. The van der Waals surface area contributed by atoms with Crippen LogP contribution < -0.4 is 23.7 Å². The minimum atomic E-state index is -3.84. The highest BCUT2D eigenvalue weighted by atomic mass is 32.2. The Morgan fingerprint density at radius 3 is 2.31 bits per heavy atom. The number of aromatic nitrogens is 1. The summed E-state index contributed by atoms with van der Waals surface area (Å²) in [6.45, 7) is 0.671. The molecule has 13 heteroatoms. The van der Waals surface area contributed by atoms with Gasteiger partial charge in [0, 0.05) is 23.4 Å². The number of methoxy groups -OCH3 is 2. The molecule has 2 heterocycles. The lowest BCUT2D eigenvalue weighted by atomic mass is 10.2. The van der Waals surface area contributed by atoms with Crippen LogP contribution in [0.4, 0.5) is 5.69 Å². The lowest BCUT2D eigenvalue weighted by Crippen LogP contribution is -2.22. The average molecular weight is 570 g/mol. The number of thiazole rings is 1. The lowest BCUT2D eigenvalue weighted by Gasteiger charge is -2.18. The molecule has 3 aromatic carbocycles. The number of nitrogens with zero attached hydrogens (tertiary/aromatic N) is 2. The molecule has 1 N–H and O–H groups in total. The van der Waals surface area contributed by atoms with Crippen molar-refractivity contribution >= 4 is 49.1 Å². The van der Waals surface area contributed by atoms with Gasteiger partial charge in [0.1, 0.15) is 25.5 Å². The molecule has 0 atom stereocenters. The number of sulfonamides is 1. The van der Waals surface area contributed by atoms with Crippen molar-refractivity contribution in [2.45, 2.75) is 11.4 Å². The van der Waals surface area contributed by atoms with Crippen molar-refractivity contribution in [3.05, 3.63) is 71.0 Å². The second kappa shape index (κ2) is 10.8. The predicted octanol–water partition coefficient (Wildman–Crippen LogP) is 3.20. The summed E-state index contributed by atoms with van der Waals surface area (Å²) >= 11 is 1.21. The summed E-state index contributed by atoms with van der Waals surface area (Å²) in [4.78, 5) is 29.8. The average Bonchev–Trinajstić information content (AvgIpc) is 3.26. The van der Waals surface area contributed by atoms with Crippen molar-refractivity contribution in [2.75, 3.05) is 32.2 Å². The molecule has 0 radical (unpaired) electrons. The van der Waals surface area contributed by atoms with E-state index >= 15 is 0 Å². The molecule has 1 aromatic heterocycles. The van der Waals surface area contributed by atoms with Crippen LogP contribution in [0.25, 0.3) is 10.2 Å². The first kappa shape index (κ1) is 26.3. The van der Waals surface area contributed by atoms with Crippen LogP contribution in [0.15, 0.2) is 70.6 Å². The Bertz CT molecular complexity index is 1720. The summed E-state index contributed by atoms with van der Waals surface area (Å²) in [6, 6.07) is 15.4. The van der Waals surface area contributed by atoms with Gasteiger partial charge in [-0.25, -0.2) is 8.42 Å². The number of carbonyl (C=O) groups excluding carboxylic acids is 2. The third kappa shape index (κ3) is 5.59. The number of ether oxygens (including phenoxy) is 4. The number of benzene rings is 3. The van der Waals surface area contributed by atoms with E-state index < -0.39 is 21.9 Å². The van der Waals surface area contributed by atoms with E-state index in [2.05, 4.69) is 9.71 Å². The Hall–Kier alpha value is -4.36. The molecule has 0 saturated carbocycles. The van der Waals surface area contributed by atoms with E-state index in [1.165, 1.54) is 62.0 Å². The van der Waals surface area contributed by atoms with Gasteiger partial charge in [-0.15, -0.1) is 0 Å². The predicted molar refractivity (Wildman–Crippen MR) is 143 cm³/mol. The third-order valence-electron chi connectivity index (χ3n) is 5.81. The number of carbonyl (C=O) groups is 2. The second-order valence-corrected chi connectivity index (χ2v) is 11.0. The van der Waals surface area contributed by atoms with E-state index in [1.54, 1.807) is 28.8 Å². The second-order valence-electron chi connectivity index (χ2n) is 8.29. The Morgan fingerprint density at radius 1 is 1.00 bits per heavy atom. The van der Waals surface area contributed by atoms with Crippen LogP contribution in [0.2, 0.25) is 0 Å². The van der Waals surface area contributed by atoms with Gasteiger partial charge in [0.15, 0.2) is 16.3 Å². The number of amides is 1. The van der Waals surface area contributed by atoms with Gasteiger partial charge in [0.05, 0.1) is 29.3 Å². The highest BCUT2D eigenvalue weighted by Gasteiger charge is 2.19. The molecular weight excluding hydrogens is 546 g/mol. The molecule has 0 unspecified atom stereocenters. The Labute approximate surface area is 227 Å². The number of esters is 1. The van der Waals surface area contributed by atoms with E-state index in [9.17, 15) is 18.0 Å². The maximum absolute atomic E-state index is 13.0. The summed E-state index contributed by atoms with van der Waals surface area (Å²) in [6.07, 6.45) is 0. The van der Waals surface area contributed by atoms with Crippen LogP contribution >= 0.6 is 11.3 Å². The zero-order valence-corrected chi connectivity index (χ0v) is 22.5. The van der Waals surface area contributed by atoms with E-state index in [1.807, 2.05) is 0 Å². The molecule has 0 saturated heterocycles. The van der Waals surface area contributed by atoms with E-state index in [0.717, 1.165) is 4.70 Å². The maximum atomic E-state index is 13.0. The summed E-state index contributed by atoms with van der Waals surface area (Å²) in [5.74, 6) is 0.573. The minimum absolute atomic E-state index is 0.0656. The smallest absolute Gasteiger partial charge is 0.325 e. The van der Waals surface area contributed by atoms with Crippen LogP contribution in [0, 0.1) is 0 Å². The fourth-order valence-electron chi connectivity index (χ4n) is 3.84. The Kier molecular flexibility index (Phi) is 7.26. The van der Waals surface area contributed by atoms with Crippen molar-refractivity contribution < 1.29 is 37.0 Å². The van der Waals surface area contributed by atoms with E-state index in [-0.39, 0.29) is 27.5 Å². The number of hydrogen-bond acceptors (Lipinski definition) is 9. The summed E-state index contributed by atoms with van der Waals surface area (Å²) in [5, 5.41) is 0. The largest absolute Gasteiger partial charge is 0.497 e. The van der Waals surface area contributed by atoms with Gasteiger partial charge in [-0.1, -0.05) is 11.3 Å². The molecular formula is C26H23N3O8S2. The summed E-state index contributed by atoms with van der Waals surface area (Å²) < 4.78 is 51.4. The van der Waals surface area contributed by atoms with Gasteiger partial charge in [-0.3, -0.25) is 14.3 Å². The van der Waals surface area contributed by atoms with Gasteiger partial charge < -0.3 is 23.5 Å². The molecule has 1 amide bonds. The molecule has 4 aromatic rings. The highest BCUT2D eigenvalue weighted by Crippen LogP contribution is 2.35. The van der Waals surface area contributed by atoms with Gasteiger partial charge >= 0.3 is 5.97 Å². The Morgan fingerprint density at radius 2 is 1.67 bits per heavy atom. The van der Waals surface area contributed by atoms with Crippen LogP contribution in [0.5, 0.6) is 17.2 Å². The molecule has 1 aliphatic heterocycles. The summed E-state index contributed by atoms with van der Waals surface area (Å²) in [7, 11) is -1.07. The number of hydrogen-bond donors (Lipinski definition) is 1. The molecule has 5 rings (SSSR count). The van der Waals surface area contributed by atoms with Crippen LogP contribution in [-0.4, -0.2) is 52.3 Å². The molecule has 0 spiro atoms. The van der Waals surface area contributed by atoms with Gasteiger partial charge in [0.2, 0.25) is 0 Å². The third-order valence-corrected chi connectivity index (χ3v) is 8.25. The van der Waals surface area contributed by atoms with Gasteiger partial charge in [-0.05, 0) is 48.5 Å². The van der Waals surface area contributed by atoms with Crippen LogP contribution in [-0.2, 0) is 26.1 Å². The highest BCUT2D eigenvalue weighted by molar-refractivity contribution is 7.92. The SMILES string of the molecule is COC(=O)Cn1c(=NC(=O)c2ccc(NS(=O)(=O)c3ccc(OC)cc3)cc2)sc2cc3c(cc21)OCCO3. The number of rotatable bonds is 7. The Balaban J connectivity index is 1.43. The molecule has 0 aliphatic carbocycles. The fraction of sp³-hybridized carbons (Fsp3) is 0.192. The standard InChI is InChI=1S/C26H23N3O8S2/c1-34-18-7-9-19(10-8-18)39(32,33)28-17-5-3-16(4-6-17)25(31)27-26-29(15-24(30)35-2)20-13-21-22(14-23(20)38-26)37-12-11-36-21/h3-10,13-14,28H,11-12,15H2,1-2H3. The molecule has 39 heavy (non-hydrogen) atoms. The monoisotopic (exact) mass is 569 g/mol. The molecule has 0 fully saturated rings. The zero-order chi connectivity index (χ0) is 27.6. The molecule has 202 valence electrons. The van der Waals surface area contributed by atoms with E-state index in [4.69, 9.17) is 18.9 Å². The van der Waals surface area contributed by atoms with Crippen molar-refractivity contribution in [1.82, 2.24) is 4.57 Å². The number of fused-ring (bicyclic) bond motifs is 2. The quantitative estimate of drug-likeness (QED) is 0.336. The van der Waals surface area contributed by atoms with Crippen molar-refractivity contribution in [3.63, 3.8) is 0 Å².